The molecular formula is C14H23N3O. The molecule has 1 atom stereocenters. The molecule has 2 rings (SSSR count). The fourth-order valence-electron chi connectivity index (χ4n) is 2.41. The molecule has 0 saturated carbocycles. The molecule has 2 heterocycles. The molecule has 1 aliphatic heterocycles. The van der Waals surface area contributed by atoms with E-state index in [1.54, 1.807) is 6.20 Å². The van der Waals surface area contributed by atoms with Gasteiger partial charge in [0, 0.05) is 38.4 Å². The molecule has 100 valence electrons. The number of aromatic amines is 1. The van der Waals surface area contributed by atoms with Gasteiger partial charge in [-0.25, -0.2) is 0 Å². The minimum Gasteiger partial charge on any atom is -0.359 e. The van der Waals surface area contributed by atoms with Gasteiger partial charge in [0.1, 0.15) is 0 Å². The van der Waals surface area contributed by atoms with E-state index in [9.17, 15) is 4.79 Å². The minimum atomic E-state index is 0.192. The van der Waals surface area contributed by atoms with Crippen molar-refractivity contribution in [2.75, 3.05) is 32.7 Å². The van der Waals surface area contributed by atoms with Gasteiger partial charge in [0.05, 0.1) is 12.2 Å². The first kappa shape index (κ1) is 13.3. The SMILES string of the molecule is CCC(C)N1CCN(CC(=O)c2ccc[nH]2)CC1. The molecule has 4 nitrogen and oxygen atoms in total. The summed E-state index contributed by atoms with van der Waals surface area (Å²) in [4.78, 5) is 19.7. The van der Waals surface area contributed by atoms with Gasteiger partial charge in [-0.2, -0.15) is 0 Å². The number of aromatic nitrogens is 1. The second-order valence-corrected chi connectivity index (χ2v) is 5.08. The predicted octanol–water partition coefficient (Wildman–Crippen LogP) is 1.61. The van der Waals surface area contributed by atoms with E-state index < -0.39 is 0 Å². The topological polar surface area (TPSA) is 39.3 Å². The van der Waals surface area contributed by atoms with E-state index in [2.05, 4.69) is 28.6 Å². The van der Waals surface area contributed by atoms with Crippen LogP contribution in [-0.2, 0) is 0 Å². The number of nitrogens with zero attached hydrogens (tertiary/aromatic N) is 2. The number of carbonyl (C=O) groups excluding carboxylic acids is 1. The third kappa shape index (κ3) is 3.21. The van der Waals surface area contributed by atoms with Crippen molar-refractivity contribution in [3.63, 3.8) is 0 Å². The highest BCUT2D eigenvalue weighted by molar-refractivity contribution is 5.95. The van der Waals surface area contributed by atoms with Crippen molar-refractivity contribution in [2.45, 2.75) is 26.3 Å². The monoisotopic (exact) mass is 249 g/mol. The Labute approximate surface area is 109 Å². The molecule has 0 spiro atoms. The van der Waals surface area contributed by atoms with Crippen molar-refractivity contribution in [3.05, 3.63) is 24.0 Å². The molecule has 1 saturated heterocycles. The molecule has 0 radical (unpaired) electrons. The van der Waals surface area contributed by atoms with Crippen LogP contribution >= 0.6 is 0 Å². The number of rotatable bonds is 5. The van der Waals surface area contributed by atoms with Gasteiger partial charge in [0.25, 0.3) is 0 Å². The van der Waals surface area contributed by atoms with E-state index in [-0.39, 0.29) is 5.78 Å². The lowest BCUT2D eigenvalue weighted by Gasteiger charge is -2.37. The first-order chi connectivity index (χ1) is 8.70. The Hall–Kier alpha value is -1.13. The van der Waals surface area contributed by atoms with Crippen molar-refractivity contribution in [1.29, 1.82) is 0 Å². The lowest BCUT2D eigenvalue weighted by molar-refractivity contribution is 0.0781. The van der Waals surface area contributed by atoms with E-state index in [4.69, 9.17) is 0 Å². The Morgan fingerprint density at radius 1 is 1.39 bits per heavy atom. The zero-order chi connectivity index (χ0) is 13.0. The zero-order valence-corrected chi connectivity index (χ0v) is 11.4. The standard InChI is InChI=1S/C14H23N3O/c1-3-12(2)17-9-7-16(8-10-17)11-14(18)13-5-4-6-15-13/h4-6,12,15H,3,7-11H2,1-2H3. The number of nitrogens with one attached hydrogen (secondary N) is 1. The summed E-state index contributed by atoms with van der Waals surface area (Å²) in [6, 6.07) is 4.37. The van der Waals surface area contributed by atoms with Crippen LogP contribution in [0.2, 0.25) is 0 Å². The van der Waals surface area contributed by atoms with Crippen molar-refractivity contribution in [2.24, 2.45) is 0 Å². The summed E-state index contributed by atoms with van der Waals surface area (Å²) in [7, 11) is 0. The van der Waals surface area contributed by atoms with Crippen LogP contribution < -0.4 is 0 Å². The zero-order valence-electron chi connectivity index (χ0n) is 11.4. The fourth-order valence-corrected chi connectivity index (χ4v) is 2.41. The van der Waals surface area contributed by atoms with Crippen molar-refractivity contribution < 1.29 is 4.79 Å². The summed E-state index contributed by atoms with van der Waals surface area (Å²) in [5.41, 5.74) is 0.722. The largest absolute Gasteiger partial charge is 0.359 e. The van der Waals surface area contributed by atoms with Gasteiger partial charge in [-0.1, -0.05) is 6.92 Å². The van der Waals surface area contributed by atoms with E-state index >= 15 is 0 Å². The molecule has 1 unspecified atom stereocenters. The van der Waals surface area contributed by atoms with Crippen molar-refractivity contribution >= 4 is 5.78 Å². The molecule has 1 fully saturated rings. The van der Waals surface area contributed by atoms with Gasteiger partial charge in [-0.05, 0) is 25.5 Å². The molecule has 0 aromatic carbocycles. The van der Waals surface area contributed by atoms with Gasteiger partial charge in [-0.3, -0.25) is 14.6 Å². The summed E-state index contributed by atoms with van der Waals surface area (Å²) >= 11 is 0. The maximum Gasteiger partial charge on any atom is 0.192 e. The van der Waals surface area contributed by atoms with Gasteiger partial charge < -0.3 is 4.98 Å². The van der Waals surface area contributed by atoms with Crippen LogP contribution in [-0.4, -0.2) is 59.3 Å². The highest BCUT2D eigenvalue weighted by Crippen LogP contribution is 2.09. The first-order valence-corrected chi connectivity index (χ1v) is 6.83. The second-order valence-electron chi connectivity index (χ2n) is 5.08. The highest BCUT2D eigenvalue weighted by atomic mass is 16.1. The molecule has 1 aliphatic rings. The normalized spacial score (nSPS) is 19.9. The maximum atomic E-state index is 12.0. The molecular weight excluding hydrogens is 226 g/mol. The van der Waals surface area contributed by atoms with Gasteiger partial charge in [-0.15, -0.1) is 0 Å². The minimum absolute atomic E-state index is 0.192. The second kappa shape index (κ2) is 6.16. The Morgan fingerprint density at radius 3 is 2.67 bits per heavy atom. The Balaban J connectivity index is 1.78. The van der Waals surface area contributed by atoms with E-state index in [1.807, 2.05) is 12.1 Å². The van der Waals surface area contributed by atoms with Crippen LogP contribution in [0.15, 0.2) is 18.3 Å². The van der Waals surface area contributed by atoms with Crippen molar-refractivity contribution in [3.8, 4) is 0 Å². The van der Waals surface area contributed by atoms with E-state index in [0.717, 1.165) is 31.9 Å². The number of H-pyrrole nitrogens is 1. The van der Waals surface area contributed by atoms with Crippen LogP contribution in [0.25, 0.3) is 0 Å². The number of ketones is 1. The lowest BCUT2D eigenvalue weighted by Crippen LogP contribution is -2.50. The number of Topliss-reactive ketones (excluding diaryl/α,β-unsaturated/α-hetero) is 1. The smallest absolute Gasteiger partial charge is 0.192 e. The van der Waals surface area contributed by atoms with E-state index in [1.165, 1.54) is 6.42 Å². The van der Waals surface area contributed by atoms with E-state index in [0.29, 0.717) is 12.6 Å². The van der Waals surface area contributed by atoms with Gasteiger partial charge >= 0.3 is 0 Å². The third-order valence-electron chi connectivity index (χ3n) is 3.89. The number of piperazine rings is 1. The summed E-state index contributed by atoms with van der Waals surface area (Å²) in [6.45, 7) is 9.19. The predicted molar refractivity (Wildman–Crippen MR) is 72.9 cm³/mol. The fraction of sp³-hybridized carbons (Fsp3) is 0.643. The number of hydrogen-bond acceptors (Lipinski definition) is 3. The van der Waals surface area contributed by atoms with Crippen molar-refractivity contribution in [1.82, 2.24) is 14.8 Å². The molecule has 18 heavy (non-hydrogen) atoms. The number of hydrogen-bond donors (Lipinski definition) is 1. The quantitative estimate of drug-likeness (QED) is 0.806. The molecule has 0 amide bonds. The third-order valence-corrected chi connectivity index (χ3v) is 3.89. The first-order valence-electron chi connectivity index (χ1n) is 6.83. The van der Waals surface area contributed by atoms with Gasteiger partial charge in [0.2, 0.25) is 0 Å². The Kier molecular flexibility index (Phi) is 4.55. The molecule has 0 aliphatic carbocycles. The maximum absolute atomic E-state index is 12.0. The van der Waals surface area contributed by atoms with Crippen LogP contribution in [0, 0.1) is 0 Å². The average molecular weight is 249 g/mol. The van der Waals surface area contributed by atoms with Crippen LogP contribution in [0.4, 0.5) is 0 Å². The van der Waals surface area contributed by atoms with Crippen LogP contribution in [0.3, 0.4) is 0 Å². The summed E-state index contributed by atoms with van der Waals surface area (Å²) in [5.74, 6) is 0.192. The summed E-state index contributed by atoms with van der Waals surface area (Å²) < 4.78 is 0. The van der Waals surface area contributed by atoms with Gasteiger partial charge in [0.15, 0.2) is 5.78 Å². The highest BCUT2D eigenvalue weighted by Gasteiger charge is 2.21. The average Bonchev–Trinajstić information content (AvgIpc) is 2.92. The molecule has 1 aromatic rings. The molecule has 1 aromatic heterocycles. The lowest BCUT2D eigenvalue weighted by atomic mass is 10.2. The summed E-state index contributed by atoms with van der Waals surface area (Å²) in [6.07, 6.45) is 3.00. The Bertz CT molecular complexity index is 366. The molecule has 4 heteroatoms. The summed E-state index contributed by atoms with van der Waals surface area (Å²) in [5, 5.41) is 0. The molecule has 1 N–H and O–H groups in total. The Morgan fingerprint density at radius 2 is 2.11 bits per heavy atom. The number of carbonyl (C=O) groups is 1. The van der Waals surface area contributed by atoms with Crippen LogP contribution in [0.1, 0.15) is 30.8 Å². The molecule has 0 bridgehead atoms. The van der Waals surface area contributed by atoms with Crippen LogP contribution in [0.5, 0.6) is 0 Å².